The van der Waals surface area contributed by atoms with Crippen LogP contribution in [0.1, 0.15) is 60.8 Å². The molecule has 5 aromatic rings. The molecule has 156 valence electrons. The van der Waals surface area contributed by atoms with Gasteiger partial charge in [-0.15, -0.1) is 11.3 Å². The zero-order chi connectivity index (χ0) is 24.0. The minimum atomic E-state index is -2.28. The lowest BCUT2D eigenvalue weighted by Gasteiger charge is -2.39. The highest BCUT2D eigenvalue weighted by Crippen LogP contribution is 2.52. The van der Waals surface area contributed by atoms with E-state index in [9.17, 15) is 0 Å². The van der Waals surface area contributed by atoms with E-state index >= 15 is 0 Å². The Balaban J connectivity index is 1.56. The first-order valence-corrected chi connectivity index (χ1v) is 11.5. The van der Waals surface area contributed by atoms with Crippen LogP contribution in [-0.4, -0.2) is 9.97 Å². The van der Waals surface area contributed by atoms with Crippen LogP contribution in [0, 0.1) is 6.85 Å². The van der Waals surface area contributed by atoms with Crippen LogP contribution in [0.25, 0.3) is 43.5 Å². The number of thiophene rings is 1. The smallest absolute Gasteiger partial charge is 0.227 e. The third-order valence-corrected chi connectivity index (χ3v) is 8.33. The van der Waals surface area contributed by atoms with E-state index in [0.29, 0.717) is 11.3 Å². The summed E-state index contributed by atoms with van der Waals surface area (Å²) in [5.74, 6) is 0. The fourth-order valence-corrected chi connectivity index (χ4v) is 6.51. The summed E-state index contributed by atoms with van der Waals surface area (Å²) in [7, 11) is 0. The van der Waals surface area contributed by atoms with E-state index in [0.717, 1.165) is 26.9 Å². The standard InChI is InChI=1S/C27H26N2OS/c1-15-9-10-17-16-7-6-8-18(22(16)30-24(17)28-15)20-12-11-19-21-23(31-25(19)29-20)27(4,5)14-13-26(21,2)3/h6-12H,13-14H2,1-5H3/i1D3. The van der Waals surface area contributed by atoms with Gasteiger partial charge in [0.25, 0.3) is 0 Å². The van der Waals surface area contributed by atoms with Gasteiger partial charge in [0, 0.05) is 36.4 Å². The molecule has 1 aliphatic carbocycles. The van der Waals surface area contributed by atoms with Gasteiger partial charge in [0.15, 0.2) is 0 Å². The Labute approximate surface area is 190 Å². The highest BCUT2D eigenvalue weighted by atomic mass is 32.1. The molecular formula is C27H26N2OS. The molecule has 0 radical (unpaired) electrons. The van der Waals surface area contributed by atoms with Crippen molar-refractivity contribution in [3.05, 3.63) is 58.6 Å². The molecule has 4 heteroatoms. The number of para-hydroxylation sites is 1. The maximum Gasteiger partial charge on any atom is 0.227 e. The van der Waals surface area contributed by atoms with Crippen molar-refractivity contribution in [1.29, 1.82) is 0 Å². The molecule has 0 aliphatic heterocycles. The number of benzene rings is 1. The van der Waals surface area contributed by atoms with Crippen molar-refractivity contribution in [2.75, 3.05) is 0 Å². The van der Waals surface area contributed by atoms with Gasteiger partial charge in [-0.05, 0) is 66.4 Å². The van der Waals surface area contributed by atoms with Crippen molar-refractivity contribution in [2.24, 2.45) is 0 Å². The summed E-state index contributed by atoms with van der Waals surface area (Å²) < 4.78 is 29.1. The lowest BCUT2D eigenvalue weighted by Crippen LogP contribution is -2.32. The van der Waals surface area contributed by atoms with Gasteiger partial charge >= 0.3 is 0 Å². The van der Waals surface area contributed by atoms with Crippen molar-refractivity contribution < 1.29 is 8.53 Å². The van der Waals surface area contributed by atoms with Gasteiger partial charge < -0.3 is 4.42 Å². The quantitative estimate of drug-likeness (QED) is 0.272. The predicted molar refractivity (Wildman–Crippen MR) is 130 cm³/mol. The number of rotatable bonds is 1. The molecule has 0 unspecified atom stereocenters. The number of hydrogen-bond donors (Lipinski definition) is 0. The number of hydrogen-bond acceptors (Lipinski definition) is 4. The van der Waals surface area contributed by atoms with Gasteiger partial charge in [-0.25, -0.2) is 9.97 Å². The number of aromatic nitrogens is 2. The van der Waals surface area contributed by atoms with Crippen LogP contribution >= 0.6 is 11.3 Å². The Hall–Kier alpha value is -2.72. The lowest BCUT2D eigenvalue weighted by atomic mass is 9.66. The zero-order valence-electron chi connectivity index (χ0n) is 21.2. The van der Waals surface area contributed by atoms with Crippen LogP contribution in [0.2, 0.25) is 0 Å². The minimum absolute atomic E-state index is 0.0366. The second kappa shape index (κ2) is 6.17. The average Bonchev–Trinajstić information content (AvgIpc) is 3.35. The summed E-state index contributed by atoms with van der Waals surface area (Å²) in [4.78, 5) is 11.9. The molecule has 0 saturated carbocycles. The molecular weight excluding hydrogens is 400 g/mol. The van der Waals surface area contributed by atoms with E-state index in [2.05, 4.69) is 44.8 Å². The van der Waals surface area contributed by atoms with Crippen molar-refractivity contribution in [3.63, 3.8) is 0 Å². The van der Waals surface area contributed by atoms with E-state index in [1.807, 2.05) is 29.5 Å². The predicted octanol–water partition coefficient (Wildman–Crippen LogP) is 7.92. The summed E-state index contributed by atoms with van der Waals surface area (Å²) in [6.45, 7) is 7.09. The van der Waals surface area contributed by atoms with Crippen molar-refractivity contribution in [1.82, 2.24) is 9.97 Å². The van der Waals surface area contributed by atoms with Crippen LogP contribution < -0.4 is 0 Å². The highest BCUT2D eigenvalue weighted by molar-refractivity contribution is 7.19. The van der Waals surface area contributed by atoms with E-state index in [1.165, 1.54) is 28.7 Å². The van der Waals surface area contributed by atoms with Gasteiger partial charge in [0.2, 0.25) is 5.71 Å². The normalized spacial score (nSPS) is 19.3. The number of furan rings is 1. The largest absolute Gasteiger partial charge is 0.437 e. The van der Waals surface area contributed by atoms with Gasteiger partial charge in [-0.2, -0.15) is 0 Å². The lowest BCUT2D eigenvalue weighted by molar-refractivity contribution is 0.341. The van der Waals surface area contributed by atoms with E-state index in [1.54, 1.807) is 12.1 Å². The molecule has 4 heterocycles. The number of fused-ring (bicyclic) bond motifs is 6. The highest BCUT2D eigenvalue weighted by Gasteiger charge is 2.40. The van der Waals surface area contributed by atoms with Crippen molar-refractivity contribution in [3.8, 4) is 11.3 Å². The topological polar surface area (TPSA) is 38.9 Å². The van der Waals surface area contributed by atoms with Crippen molar-refractivity contribution >= 4 is 43.6 Å². The maximum atomic E-state index is 7.67. The number of pyridine rings is 2. The Morgan fingerprint density at radius 3 is 2.55 bits per heavy atom. The Morgan fingerprint density at radius 1 is 0.903 bits per heavy atom. The Morgan fingerprint density at radius 2 is 1.71 bits per heavy atom. The second-order valence-electron chi connectivity index (χ2n) is 9.96. The molecule has 1 aliphatic rings. The molecule has 6 rings (SSSR count). The maximum absolute atomic E-state index is 7.67. The molecule has 0 fully saturated rings. The van der Waals surface area contributed by atoms with Crippen LogP contribution in [0.15, 0.2) is 46.9 Å². The van der Waals surface area contributed by atoms with Gasteiger partial charge in [-0.3, -0.25) is 0 Å². The summed E-state index contributed by atoms with van der Waals surface area (Å²) in [6, 6.07) is 13.6. The minimum Gasteiger partial charge on any atom is -0.437 e. The summed E-state index contributed by atoms with van der Waals surface area (Å²) >= 11 is 1.82. The first-order chi connectivity index (χ1) is 16.0. The molecule has 0 atom stereocenters. The van der Waals surface area contributed by atoms with Crippen LogP contribution in [0.4, 0.5) is 0 Å². The molecule has 3 nitrogen and oxygen atoms in total. The monoisotopic (exact) mass is 429 g/mol. The molecule has 0 bridgehead atoms. The average molecular weight is 430 g/mol. The molecule has 0 N–H and O–H groups in total. The first kappa shape index (κ1) is 16.0. The summed E-state index contributed by atoms with van der Waals surface area (Å²) in [6.07, 6.45) is 2.35. The van der Waals surface area contributed by atoms with Crippen molar-refractivity contribution in [2.45, 2.75) is 58.2 Å². The Bertz CT molecular complexity index is 1610. The zero-order valence-corrected chi connectivity index (χ0v) is 19.0. The molecule has 0 amide bonds. The van der Waals surface area contributed by atoms with Crippen LogP contribution in [0.5, 0.6) is 0 Å². The number of aryl methyl sites for hydroxylation is 1. The van der Waals surface area contributed by atoms with Gasteiger partial charge in [0.1, 0.15) is 10.4 Å². The first-order valence-electron chi connectivity index (χ1n) is 12.2. The number of nitrogens with zero attached hydrogens (tertiary/aromatic N) is 2. The molecule has 31 heavy (non-hydrogen) atoms. The van der Waals surface area contributed by atoms with Gasteiger partial charge in [-0.1, -0.05) is 39.8 Å². The molecule has 0 spiro atoms. The van der Waals surface area contributed by atoms with Gasteiger partial charge in [0.05, 0.1) is 5.69 Å². The van der Waals surface area contributed by atoms with E-state index in [-0.39, 0.29) is 16.5 Å². The second-order valence-corrected chi connectivity index (χ2v) is 11.0. The third-order valence-electron chi connectivity index (χ3n) is 6.86. The third kappa shape index (κ3) is 2.71. The van der Waals surface area contributed by atoms with E-state index < -0.39 is 6.85 Å². The summed E-state index contributed by atoms with van der Waals surface area (Å²) in [5, 5.41) is 2.97. The molecule has 4 aromatic heterocycles. The van der Waals surface area contributed by atoms with E-state index in [4.69, 9.17) is 13.5 Å². The fourth-order valence-electron chi connectivity index (χ4n) is 5.02. The van der Waals surface area contributed by atoms with Crippen LogP contribution in [-0.2, 0) is 10.8 Å². The van der Waals surface area contributed by atoms with Crippen LogP contribution in [0.3, 0.4) is 0 Å². The SMILES string of the molecule is [2H]C([2H])([2H])c1ccc2c(n1)oc1c(-c3ccc4c5c(sc4n3)C(C)(C)CCC5(C)C)cccc12. The summed E-state index contributed by atoms with van der Waals surface area (Å²) in [5.41, 5.74) is 4.54. The molecule has 1 aromatic carbocycles. The molecule has 0 saturated heterocycles. The Kier molecular flexibility index (Phi) is 3.18. The fraction of sp³-hybridized carbons (Fsp3) is 0.333.